The van der Waals surface area contributed by atoms with E-state index in [0.29, 0.717) is 37.8 Å². The fourth-order valence-electron chi connectivity index (χ4n) is 2.37. The fraction of sp³-hybridized carbons (Fsp3) is 0.263. The van der Waals surface area contributed by atoms with E-state index in [1.807, 2.05) is 0 Å². The number of thioether (sulfide) groups is 1. The SMILES string of the molecule is COc1cc(CC(=O)NNC(=O)CSc2cc(Cl)ccc2Cl)cc(OC)c1OC. The first-order chi connectivity index (χ1) is 13.9. The van der Waals surface area contributed by atoms with Gasteiger partial charge in [0.1, 0.15) is 0 Å². The van der Waals surface area contributed by atoms with Gasteiger partial charge in [-0.3, -0.25) is 20.4 Å². The quantitative estimate of drug-likeness (QED) is 0.464. The lowest BCUT2D eigenvalue weighted by molar-refractivity contribution is -0.127. The molecule has 2 amide bonds. The van der Waals surface area contributed by atoms with Crippen LogP contribution in [0.3, 0.4) is 0 Å². The zero-order chi connectivity index (χ0) is 21.4. The van der Waals surface area contributed by atoms with E-state index in [-0.39, 0.29) is 18.1 Å². The van der Waals surface area contributed by atoms with Gasteiger partial charge in [-0.15, -0.1) is 11.8 Å². The minimum atomic E-state index is -0.404. The van der Waals surface area contributed by atoms with Crippen LogP contribution in [0.4, 0.5) is 0 Å². The maximum atomic E-state index is 12.2. The number of hydrogen-bond donors (Lipinski definition) is 2. The molecule has 0 aliphatic carbocycles. The second-order valence-corrected chi connectivity index (χ2v) is 7.53. The predicted octanol–water partition coefficient (Wildman–Crippen LogP) is 3.50. The van der Waals surface area contributed by atoms with Crippen LogP contribution in [0.25, 0.3) is 0 Å². The average molecular weight is 459 g/mol. The second kappa shape index (κ2) is 11.0. The molecule has 7 nitrogen and oxygen atoms in total. The van der Waals surface area contributed by atoms with E-state index in [4.69, 9.17) is 37.4 Å². The Morgan fingerprint density at radius 1 is 0.931 bits per heavy atom. The van der Waals surface area contributed by atoms with E-state index in [9.17, 15) is 9.59 Å². The number of methoxy groups -OCH3 is 3. The maximum Gasteiger partial charge on any atom is 0.248 e. The van der Waals surface area contributed by atoms with E-state index in [0.717, 1.165) is 0 Å². The summed E-state index contributed by atoms with van der Waals surface area (Å²) < 4.78 is 15.8. The first-order valence-corrected chi connectivity index (χ1v) is 10.1. The van der Waals surface area contributed by atoms with Crippen LogP contribution in [0, 0.1) is 0 Å². The molecule has 29 heavy (non-hydrogen) atoms. The van der Waals surface area contributed by atoms with Gasteiger partial charge in [-0.05, 0) is 35.9 Å². The lowest BCUT2D eigenvalue weighted by atomic mass is 10.1. The summed E-state index contributed by atoms with van der Waals surface area (Å²) in [5.74, 6) is 0.582. The van der Waals surface area contributed by atoms with Crippen molar-refractivity contribution in [3.8, 4) is 17.2 Å². The van der Waals surface area contributed by atoms with Crippen LogP contribution in [-0.2, 0) is 16.0 Å². The van der Waals surface area contributed by atoms with Crippen LogP contribution < -0.4 is 25.1 Å². The molecule has 0 heterocycles. The first kappa shape index (κ1) is 23.0. The molecule has 0 unspecified atom stereocenters. The Kier molecular flexibility index (Phi) is 8.75. The second-order valence-electron chi connectivity index (χ2n) is 5.67. The van der Waals surface area contributed by atoms with Crippen molar-refractivity contribution in [2.24, 2.45) is 0 Å². The Balaban J connectivity index is 1.89. The summed E-state index contributed by atoms with van der Waals surface area (Å²) >= 11 is 13.2. The van der Waals surface area contributed by atoms with Gasteiger partial charge in [-0.25, -0.2) is 0 Å². The van der Waals surface area contributed by atoms with Crippen molar-refractivity contribution in [2.45, 2.75) is 11.3 Å². The van der Waals surface area contributed by atoms with Crippen molar-refractivity contribution in [1.82, 2.24) is 10.9 Å². The van der Waals surface area contributed by atoms with Gasteiger partial charge in [0.15, 0.2) is 11.5 Å². The zero-order valence-corrected chi connectivity index (χ0v) is 18.3. The molecule has 2 rings (SSSR count). The molecule has 0 atom stereocenters. The number of ether oxygens (including phenoxy) is 3. The average Bonchev–Trinajstić information content (AvgIpc) is 2.71. The number of benzene rings is 2. The molecule has 156 valence electrons. The van der Waals surface area contributed by atoms with E-state index < -0.39 is 5.91 Å². The van der Waals surface area contributed by atoms with Crippen LogP contribution in [0.5, 0.6) is 17.2 Å². The highest BCUT2D eigenvalue weighted by atomic mass is 35.5. The molecule has 0 bridgehead atoms. The van der Waals surface area contributed by atoms with Crippen molar-refractivity contribution in [3.63, 3.8) is 0 Å². The van der Waals surface area contributed by atoms with Crippen LogP contribution >= 0.6 is 35.0 Å². The molecule has 0 saturated heterocycles. The lowest BCUT2D eigenvalue weighted by Crippen LogP contribution is -2.43. The number of carbonyl (C=O) groups excluding carboxylic acids is 2. The molecular weight excluding hydrogens is 439 g/mol. The van der Waals surface area contributed by atoms with Gasteiger partial charge in [-0.2, -0.15) is 0 Å². The molecule has 2 aromatic carbocycles. The van der Waals surface area contributed by atoms with Gasteiger partial charge in [0.05, 0.1) is 38.5 Å². The first-order valence-electron chi connectivity index (χ1n) is 8.32. The van der Waals surface area contributed by atoms with Gasteiger partial charge in [0.2, 0.25) is 17.6 Å². The number of amides is 2. The van der Waals surface area contributed by atoms with Crippen molar-refractivity contribution in [1.29, 1.82) is 0 Å². The summed E-state index contributed by atoms with van der Waals surface area (Å²) in [7, 11) is 4.48. The van der Waals surface area contributed by atoms with Crippen molar-refractivity contribution in [3.05, 3.63) is 45.9 Å². The van der Waals surface area contributed by atoms with E-state index >= 15 is 0 Å². The predicted molar refractivity (Wildman–Crippen MR) is 113 cm³/mol. The molecule has 0 aliphatic rings. The van der Waals surface area contributed by atoms with E-state index in [1.54, 1.807) is 30.3 Å². The summed E-state index contributed by atoms with van der Waals surface area (Å²) in [5, 5.41) is 1.02. The number of hydrogen-bond acceptors (Lipinski definition) is 6. The highest BCUT2D eigenvalue weighted by Crippen LogP contribution is 2.38. The van der Waals surface area contributed by atoms with Crippen LogP contribution in [0.2, 0.25) is 10.0 Å². The minimum absolute atomic E-state index is 0.00422. The maximum absolute atomic E-state index is 12.2. The number of halogens is 2. The third-order valence-corrected chi connectivity index (χ3v) is 5.41. The van der Waals surface area contributed by atoms with Gasteiger partial charge in [-0.1, -0.05) is 23.2 Å². The molecule has 0 saturated carbocycles. The molecule has 2 aromatic rings. The van der Waals surface area contributed by atoms with Gasteiger partial charge in [0.25, 0.3) is 0 Å². The third kappa shape index (κ3) is 6.62. The van der Waals surface area contributed by atoms with Gasteiger partial charge < -0.3 is 14.2 Å². The summed E-state index contributed by atoms with van der Waals surface area (Å²) in [5.41, 5.74) is 5.37. The minimum Gasteiger partial charge on any atom is -0.493 e. The monoisotopic (exact) mass is 458 g/mol. The summed E-state index contributed by atoms with van der Waals surface area (Å²) in [6.07, 6.45) is 0.00422. The largest absolute Gasteiger partial charge is 0.493 e. The number of hydrazine groups is 1. The van der Waals surface area contributed by atoms with E-state index in [1.165, 1.54) is 33.1 Å². The summed E-state index contributed by atoms with van der Waals surface area (Å²) in [4.78, 5) is 24.8. The number of carbonyl (C=O) groups is 2. The molecule has 0 aromatic heterocycles. The molecule has 10 heteroatoms. The topological polar surface area (TPSA) is 85.9 Å². The Bertz CT molecular complexity index is 870. The third-order valence-electron chi connectivity index (χ3n) is 3.68. The van der Waals surface area contributed by atoms with Crippen LogP contribution in [0.15, 0.2) is 35.2 Å². The summed E-state index contributed by atoms with van der Waals surface area (Å²) in [6, 6.07) is 8.32. The zero-order valence-electron chi connectivity index (χ0n) is 16.0. The molecule has 2 N–H and O–H groups in total. The fourth-order valence-corrected chi connectivity index (χ4v) is 3.67. The van der Waals surface area contributed by atoms with Crippen molar-refractivity contribution < 1.29 is 23.8 Å². The number of rotatable bonds is 8. The molecule has 0 aliphatic heterocycles. The smallest absolute Gasteiger partial charge is 0.248 e. The molecule has 0 radical (unpaired) electrons. The van der Waals surface area contributed by atoms with Crippen LogP contribution in [0.1, 0.15) is 5.56 Å². The van der Waals surface area contributed by atoms with Gasteiger partial charge >= 0.3 is 0 Å². The highest BCUT2D eigenvalue weighted by molar-refractivity contribution is 8.00. The molecule has 0 fully saturated rings. The van der Waals surface area contributed by atoms with Gasteiger partial charge in [0, 0.05) is 9.92 Å². The normalized spacial score (nSPS) is 10.2. The molecule has 0 spiro atoms. The van der Waals surface area contributed by atoms with Crippen molar-refractivity contribution in [2.75, 3.05) is 27.1 Å². The Hall–Kier alpha value is -2.29. The Morgan fingerprint density at radius 2 is 1.55 bits per heavy atom. The van der Waals surface area contributed by atoms with Crippen molar-refractivity contribution >= 4 is 46.8 Å². The number of nitrogens with one attached hydrogen (secondary N) is 2. The lowest BCUT2D eigenvalue weighted by Gasteiger charge is -2.14. The van der Waals surface area contributed by atoms with Crippen LogP contribution in [-0.4, -0.2) is 38.9 Å². The molecular formula is C19H20Cl2N2O5S. The highest BCUT2D eigenvalue weighted by Gasteiger charge is 2.15. The Morgan fingerprint density at radius 3 is 2.14 bits per heavy atom. The summed E-state index contributed by atoms with van der Waals surface area (Å²) in [6.45, 7) is 0. The van der Waals surface area contributed by atoms with E-state index in [2.05, 4.69) is 10.9 Å². The Labute approximate surface area is 183 Å². The standard InChI is InChI=1S/C19H20Cl2N2O5S/c1-26-14-6-11(7-15(27-2)19(14)28-3)8-17(24)22-23-18(25)10-29-16-9-12(20)4-5-13(16)21/h4-7,9H,8,10H2,1-3H3,(H,22,24)(H,23,25).